The van der Waals surface area contributed by atoms with Crippen LogP contribution in [0.3, 0.4) is 0 Å². The number of nitrogens with one attached hydrogen (secondary N) is 1. The lowest BCUT2D eigenvalue weighted by atomic mass is 10.1. The molecule has 1 N–H and O–H groups in total. The summed E-state index contributed by atoms with van der Waals surface area (Å²) in [5, 5.41) is 0. The first kappa shape index (κ1) is 15.0. The van der Waals surface area contributed by atoms with Gasteiger partial charge in [-0.25, -0.2) is 12.8 Å². The van der Waals surface area contributed by atoms with Gasteiger partial charge in [0.25, 0.3) is 10.0 Å². The van der Waals surface area contributed by atoms with Crippen LogP contribution < -0.4 is 4.72 Å². The van der Waals surface area contributed by atoms with Gasteiger partial charge in [-0.3, -0.25) is 4.72 Å². The average molecular weight is 358 g/mol. The van der Waals surface area contributed by atoms with Crippen molar-refractivity contribution in [3.8, 4) is 0 Å². The van der Waals surface area contributed by atoms with Crippen LogP contribution in [-0.4, -0.2) is 8.42 Å². The summed E-state index contributed by atoms with van der Waals surface area (Å²) in [4.78, 5) is -0.374. The van der Waals surface area contributed by atoms with Gasteiger partial charge in [-0.05, 0) is 49.2 Å². The maximum absolute atomic E-state index is 13.8. The summed E-state index contributed by atoms with van der Waals surface area (Å²) in [7, 11) is -3.95. The van der Waals surface area contributed by atoms with Crippen LogP contribution in [-0.2, 0) is 10.0 Å². The Bertz CT molecular complexity index is 760. The Morgan fingerprint density at radius 3 is 2.45 bits per heavy atom. The minimum absolute atomic E-state index is 0.374. The Morgan fingerprint density at radius 1 is 1.10 bits per heavy atom. The molecule has 0 bridgehead atoms. The lowest BCUT2D eigenvalue weighted by Crippen LogP contribution is -2.15. The van der Waals surface area contributed by atoms with Crippen LogP contribution >= 0.6 is 15.9 Å². The first-order valence-corrected chi connectivity index (χ1v) is 8.12. The fourth-order valence-electron chi connectivity index (χ4n) is 1.74. The Kier molecular flexibility index (Phi) is 4.15. The van der Waals surface area contributed by atoms with Gasteiger partial charge in [0.15, 0.2) is 0 Å². The summed E-state index contributed by atoms with van der Waals surface area (Å²) in [6, 6.07) is 9.24. The maximum Gasteiger partial charge on any atom is 0.264 e. The second kappa shape index (κ2) is 5.54. The average Bonchev–Trinajstić information content (AvgIpc) is 2.33. The van der Waals surface area contributed by atoms with E-state index in [2.05, 4.69) is 20.7 Å². The Hall–Kier alpha value is -1.40. The van der Waals surface area contributed by atoms with E-state index in [1.54, 1.807) is 13.0 Å². The summed E-state index contributed by atoms with van der Waals surface area (Å²) in [5.74, 6) is -0.794. The molecular weight excluding hydrogens is 345 g/mol. The van der Waals surface area contributed by atoms with Gasteiger partial charge < -0.3 is 0 Å². The molecule has 0 fully saturated rings. The molecular formula is C14H13BrFNO2S. The molecule has 0 saturated carbocycles. The van der Waals surface area contributed by atoms with Gasteiger partial charge in [0.1, 0.15) is 10.7 Å². The topological polar surface area (TPSA) is 46.2 Å². The third-order valence-corrected chi connectivity index (χ3v) is 4.71. The van der Waals surface area contributed by atoms with Crippen LogP contribution in [0.5, 0.6) is 0 Å². The first-order valence-electron chi connectivity index (χ1n) is 5.85. The lowest BCUT2D eigenvalue weighted by molar-refractivity contribution is 0.570. The molecule has 20 heavy (non-hydrogen) atoms. The minimum Gasteiger partial charge on any atom is -0.279 e. The molecule has 0 spiro atoms. The molecule has 2 aromatic rings. The molecule has 2 rings (SSSR count). The molecule has 2 aromatic carbocycles. The molecule has 0 aliphatic carbocycles. The van der Waals surface area contributed by atoms with Crippen molar-refractivity contribution in [2.24, 2.45) is 0 Å². The van der Waals surface area contributed by atoms with E-state index in [9.17, 15) is 12.8 Å². The van der Waals surface area contributed by atoms with E-state index in [-0.39, 0.29) is 4.90 Å². The van der Waals surface area contributed by atoms with Crippen molar-refractivity contribution in [3.63, 3.8) is 0 Å². The van der Waals surface area contributed by atoms with Crippen molar-refractivity contribution in [2.75, 3.05) is 4.72 Å². The predicted octanol–water partition coefficient (Wildman–Crippen LogP) is 4.01. The molecule has 0 amide bonds. The van der Waals surface area contributed by atoms with Gasteiger partial charge in [0, 0.05) is 4.47 Å². The fourth-order valence-corrected chi connectivity index (χ4v) is 3.25. The van der Waals surface area contributed by atoms with E-state index in [4.69, 9.17) is 0 Å². The molecule has 0 aromatic heterocycles. The van der Waals surface area contributed by atoms with Crippen LogP contribution in [0.1, 0.15) is 11.1 Å². The van der Waals surface area contributed by atoms with Crippen molar-refractivity contribution in [1.82, 2.24) is 0 Å². The Morgan fingerprint density at radius 2 is 1.80 bits per heavy atom. The molecule has 0 radical (unpaired) electrons. The molecule has 0 heterocycles. The van der Waals surface area contributed by atoms with Gasteiger partial charge >= 0.3 is 0 Å². The van der Waals surface area contributed by atoms with Gasteiger partial charge in [-0.2, -0.15) is 0 Å². The zero-order chi connectivity index (χ0) is 14.9. The van der Waals surface area contributed by atoms with Crippen LogP contribution in [0, 0.1) is 19.7 Å². The number of sulfonamides is 1. The minimum atomic E-state index is -3.95. The molecule has 0 saturated heterocycles. The predicted molar refractivity (Wildman–Crippen MR) is 80.8 cm³/mol. The molecule has 106 valence electrons. The lowest BCUT2D eigenvalue weighted by Gasteiger charge is -2.12. The standard InChI is InChI=1S/C14H13BrFNO2S/c1-9-3-4-10(2)13(7-9)17-20(18,19)14-6-5-11(15)8-12(14)16/h3-8,17H,1-2H3. The van der Waals surface area contributed by atoms with E-state index >= 15 is 0 Å². The number of halogens is 2. The van der Waals surface area contributed by atoms with Gasteiger partial charge in [0.05, 0.1) is 5.69 Å². The van der Waals surface area contributed by atoms with Crippen LogP contribution in [0.15, 0.2) is 45.8 Å². The molecule has 0 unspecified atom stereocenters. The van der Waals surface area contributed by atoms with Crippen LogP contribution in [0.2, 0.25) is 0 Å². The molecule has 0 aliphatic heterocycles. The normalized spacial score (nSPS) is 11.4. The van der Waals surface area contributed by atoms with E-state index in [0.29, 0.717) is 10.2 Å². The summed E-state index contributed by atoms with van der Waals surface area (Å²) < 4.78 is 41.1. The van der Waals surface area contributed by atoms with E-state index < -0.39 is 15.8 Å². The van der Waals surface area contributed by atoms with Crippen molar-refractivity contribution in [1.29, 1.82) is 0 Å². The third kappa shape index (κ3) is 3.19. The van der Waals surface area contributed by atoms with E-state index in [0.717, 1.165) is 17.2 Å². The van der Waals surface area contributed by atoms with Gasteiger partial charge in [0.2, 0.25) is 0 Å². The van der Waals surface area contributed by atoms with Gasteiger partial charge in [-0.1, -0.05) is 28.1 Å². The number of benzene rings is 2. The van der Waals surface area contributed by atoms with Crippen molar-refractivity contribution in [2.45, 2.75) is 18.7 Å². The summed E-state index contributed by atoms with van der Waals surface area (Å²) in [6.45, 7) is 3.65. The number of hydrogen-bond acceptors (Lipinski definition) is 2. The Balaban J connectivity index is 2.43. The summed E-state index contributed by atoms with van der Waals surface area (Å²) in [5.41, 5.74) is 2.15. The number of rotatable bonds is 3. The highest BCUT2D eigenvalue weighted by atomic mass is 79.9. The van der Waals surface area contributed by atoms with Crippen molar-refractivity contribution < 1.29 is 12.8 Å². The molecule has 6 heteroatoms. The molecule has 3 nitrogen and oxygen atoms in total. The first-order chi connectivity index (χ1) is 9.29. The second-order valence-corrected chi connectivity index (χ2v) is 7.07. The largest absolute Gasteiger partial charge is 0.279 e. The second-order valence-electron chi connectivity index (χ2n) is 4.50. The van der Waals surface area contributed by atoms with Crippen LogP contribution in [0.25, 0.3) is 0 Å². The monoisotopic (exact) mass is 357 g/mol. The van der Waals surface area contributed by atoms with E-state index in [1.807, 2.05) is 19.1 Å². The highest BCUT2D eigenvalue weighted by Gasteiger charge is 2.20. The molecule has 0 atom stereocenters. The van der Waals surface area contributed by atoms with Crippen molar-refractivity contribution in [3.05, 3.63) is 57.8 Å². The maximum atomic E-state index is 13.8. The number of anilines is 1. The van der Waals surface area contributed by atoms with E-state index in [1.165, 1.54) is 12.1 Å². The summed E-state index contributed by atoms with van der Waals surface area (Å²) in [6.07, 6.45) is 0. The SMILES string of the molecule is Cc1ccc(C)c(NS(=O)(=O)c2ccc(Br)cc2F)c1. The zero-order valence-corrected chi connectivity index (χ0v) is 13.3. The quantitative estimate of drug-likeness (QED) is 0.901. The van der Waals surface area contributed by atoms with Crippen LogP contribution in [0.4, 0.5) is 10.1 Å². The highest BCUT2D eigenvalue weighted by molar-refractivity contribution is 9.10. The number of hydrogen-bond donors (Lipinski definition) is 1. The Labute approximate surface area is 126 Å². The molecule has 0 aliphatic rings. The summed E-state index contributed by atoms with van der Waals surface area (Å²) >= 11 is 3.10. The third-order valence-electron chi connectivity index (χ3n) is 2.82. The smallest absolute Gasteiger partial charge is 0.264 e. The number of aryl methyl sites for hydroxylation is 2. The van der Waals surface area contributed by atoms with Gasteiger partial charge in [-0.15, -0.1) is 0 Å². The fraction of sp³-hybridized carbons (Fsp3) is 0.143. The van der Waals surface area contributed by atoms with Crippen molar-refractivity contribution >= 4 is 31.6 Å². The zero-order valence-electron chi connectivity index (χ0n) is 10.9. The highest BCUT2D eigenvalue weighted by Crippen LogP contribution is 2.24.